The summed E-state index contributed by atoms with van der Waals surface area (Å²) >= 11 is 5.36. The minimum Gasteiger partial charge on any atom is -0.467 e. The molecule has 5 nitrogen and oxygen atoms in total. The second-order valence-corrected chi connectivity index (χ2v) is 5.17. The smallest absolute Gasteiger partial charge is 0.428 e. The molecule has 0 aliphatic heterocycles. The lowest BCUT2D eigenvalue weighted by Gasteiger charge is -2.26. The summed E-state index contributed by atoms with van der Waals surface area (Å²) in [6.45, 7) is 0. The van der Waals surface area contributed by atoms with Gasteiger partial charge in [0.05, 0.1) is 24.1 Å². The summed E-state index contributed by atoms with van der Waals surface area (Å²) in [4.78, 5) is 22.8. The second-order valence-electron chi connectivity index (χ2n) is 4.77. The van der Waals surface area contributed by atoms with Gasteiger partial charge in [-0.05, 0) is 18.2 Å². The zero-order valence-corrected chi connectivity index (χ0v) is 13.0. The molecule has 1 atom stereocenters. The molecule has 0 unspecified atom stereocenters. The Morgan fingerprint density at radius 2 is 1.76 bits per heavy atom. The van der Waals surface area contributed by atoms with Crippen molar-refractivity contribution in [3.63, 3.8) is 0 Å². The van der Waals surface area contributed by atoms with E-state index in [9.17, 15) is 41.0 Å². The van der Waals surface area contributed by atoms with Crippen LogP contribution in [0.1, 0.15) is 12.0 Å². The predicted molar refractivity (Wildman–Crippen MR) is 72.7 cm³/mol. The first-order valence-electron chi connectivity index (χ1n) is 6.26. The summed E-state index contributed by atoms with van der Waals surface area (Å²) in [5, 5.41) is 10.5. The molecule has 0 bridgehead atoms. The van der Waals surface area contributed by atoms with E-state index in [-0.39, 0.29) is 0 Å². The number of benzene rings is 1. The molecule has 1 aromatic carbocycles. The zero-order chi connectivity index (χ0) is 19.6. The first kappa shape index (κ1) is 21.0. The van der Waals surface area contributed by atoms with E-state index in [1.807, 2.05) is 0 Å². The quantitative estimate of drug-likeness (QED) is 0.608. The topological polar surface area (TPSA) is 75.6 Å². The van der Waals surface area contributed by atoms with Crippen LogP contribution in [-0.4, -0.2) is 35.9 Å². The second kappa shape index (κ2) is 7.08. The Morgan fingerprint density at radius 3 is 2.20 bits per heavy atom. The van der Waals surface area contributed by atoms with E-state index in [1.54, 1.807) is 5.32 Å². The Morgan fingerprint density at radius 1 is 1.20 bits per heavy atom. The molecule has 12 heteroatoms. The number of ether oxygens (including phenoxy) is 1. The number of carbonyl (C=O) groups is 2. The maximum absolute atomic E-state index is 12.8. The molecule has 0 aliphatic rings. The van der Waals surface area contributed by atoms with Crippen LogP contribution >= 0.6 is 11.6 Å². The fraction of sp³-hybridized carbons (Fsp3) is 0.385. The van der Waals surface area contributed by atoms with E-state index in [1.165, 1.54) is 0 Å². The number of anilines is 1. The van der Waals surface area contributed by atoms with Crippen molar-refractivity contribution in [3.8, 4) is 0 Å². The van der Waals surface area contributed by atoms with Crippen molar-refractivity contribution in [2.45, 2.75) is 24.4 Å². The van der Waals surface area contributed by atoms with E-state index >= 15 is 0 Å². The number of halogens is 7. The third kappa shape index (κ3) is 4.75. The molecule has 0 fully saturated rings. The third-order valence-electron chi connectivity index (χ3n) is 2.96. The van der Waals surface area contributed by atoms with Crippen molar-refractivity contribution in [1.29, 1.82) is 0 Å². The number of carbonyl (C=O) groups excluding carboxylic acids is 2. The molecule has 1 aromatic rings. The van der Waals surface area contributed by atoms with E-state index in [4.69, 9.17) is 11.6 Å². The van der Waals surface area contributed by atoms with Crippen LogP contribution in [0.25, 0.3) is 0 Å². The summed E-state index contributed by atoms with van der Waals surface area (Å²) < 4.78 is 80.4. The van der Waals surface area contributed by atoms with Gasteiger partial charge in [0.15, 0.2) is 0 Å². The monoisotopic (exact) mass is 393 g/mol. The lowest BCUT2D eigenvalue weighted by atomic mass is 9.98. The van der Waals surface area contributed by atoms with Crippen molar-refractivity contribution < 1.29 is 45.8 Å². The molecule has 2 N–H and O–H groups in total. The van der Waals surface area contributed by atoms with E-state index in [2.05, 4.69) is 4.74 Å². The highest BCUT2D eigenvalue weighted by Gasteiger charge is 2.61. The Balaban J connectivity index is 3.05. The number of amides is 1. The lowest BCUT2D eigenvalue weighted by Crippen LogP contribution is -2.54. The van der Waals surface area contributed by atoms with Crippen LogP contribution in [0, 0.1) is 0 Å². The number of hydrogen-bond donors (Lipinski definition) is 2. The highest BCUT2D eigenvalue weighted by molar-refractivity contribution is 6.31. The SMILES string of the molecule is COC(=O)[C@](O)(CC(=O)Nc1ccc(Cl)c(C(F)(F)F)c1)C(F)(F)F. The molecule has 0 heterocycles. The van der Waals surface area contributed by atoms with E-state index < -0.39 is 52.5 Å². The standard InChI is InChI=1S/C13H10ClF6NO4/c1-25-10(23)11(24,13(18,19)20)5-9(22)21-6-2-3-8(14)7(4-6)12(15,16)17/h2-4,24H,5H2,1H3,(H,21,22)/t11-/m1/s1. The number of esters is 1. The molecule has 0 aliphatic carbocycles. The van der Waals surface area contributed by atoms with Gasteiger partial charge in [0.1, 0.15) is 0 Å². The summed E-state index contributed by atoms with van der Waals surface area (Å²) in [5.41, 5.74) is -6.01. The summed E-state index contributed by atoms with van der Waals surface area (Å²) in [5.74, 6) is -3.71. The molecular weight excluding hydrogens is 384 g/mol. The highest BCUT2D eigenvalue weighted by Crippen LogP contribution is 2.37. The molecule has 0 saturated carbocycles. The fourth-order valence-corrected chi connectivity index (χ4v) is 1.94. The van der Waals surface area contributed by atoms with Crippen LogP contribution in [0.15, 0.2) is 18.2 Å². The van der Waals surface area contributed by atoms with Gasteiger partial charge < -0.3 is 15.2 Å². The van der Waals surface area contributed by atoms with Gasteiger partial charge in [0.25, 0.3) is 5.60 Å². The van der Waals surface area contributed by atoms with Crippen LogP contribution in [0.5, 0.6) is 0 Å². The lowest BCUT2D eigenvalue weighted by molar-refractivity contribution is -0.261. The average molecular weight is 394 g/mol. The van der Waals surface area contributed by atoms with Gasteiger partial charge >= 0.3 is 18.3 Å². The first-order chi connectivity index (χ1) is 11.2. The molecule has 0 aromatic heterocycles. The van der Waals surface area contributed by atoms with Crippen molar-refractivity contribution in [3.05, 3.63) is 28.8 Å². The number of hydrogen-bond acceptors (Lipinski definition) is 4. The van der Waals surface area contributed by atoms with Crippen molar-refractivity contribution >= 4 is 29.2 Å². The summed E-state index contributed by atoms with van der Waals surface area (Å²) in [7, 11) is 0.561. The normalized spacial score (nSPS) is 14.6. The van der Waals surface area contributed by atoms with E-state index in [0.717, 1.165) is 12.1 Å². The van der Waals surface area contributed by atoms with Gasteiger partial charge in [-0.25, -0.2) is 4.79 Å². The number of methoxy groups -OCH3 is 1. The molecule has 140 valence electrons. The molecule has 0 radical (unpaired) electrons. The number of nitrogens with one attached hydrogen (secondary N) is 1. The van der Waals surface area contributed by atoms with Crippen molar-refractivity contribution in [2.75, 3.05) is 12.4 Å². The van der Waals surface area contributed by atoms with Gasteiger partial charge in [0, 0.05) is 5.69 Å². The molecule has 1 amide bonds. The van der Waals surface area contributed by atoms with Crippen LogP contribution in [0.3, 0.4) is 0 Å². The number of rotatable bonds is 4. The summed E-state index contributed by atoms with van der Waals surface area (Å²) in [6, 6.07) is 2.07. The Hall–Kier alpha value is -2.01. The maximum Gasteiger partial charge on any atom is 0.428 e. The number of alkyl halides is 6. The van der Waals surface area contributed by atoms with Crippen LogP contribution in [-0.2, 0) is 20.5 Å². The molecule has 1 rings (SSSR count). The predicted octanol–water partition coefficient (Wildman–Crippen LogP) is 3.15. The summed E-state index contributed by atoms with van der Waals surface area (Å²) in [6.07, 6.45) is -12.2. The van der Waals surface area contributed by atoms with Gasteiger partial charge in [-0.2, -0.15) is 26.3 Å². The fourth-order valence-electron chi connectivity index (χ4n) is 1.71. The third-order valence-corrected chi connectivity index (χ3v) is 3.29. The van der Waals surface area contributed by atoms with Gasteiger partial charge in [-0.3, -0.25) is 4.79 Å². The first-order valence-corrected chi connectivity index (χ1v) is 6.64. The average Bonchev–Trinajstić information content (AvgIpc) is 2.45. The Labute approximate surface area is 141 Å². The minimum absolute atomic E-state index is 0.394. The maximum atomic E-state index is 12.8. The molecule has 0 saturated heterocycles. The van der Waals surface area contributed by atoms with Crippen LogP contribution in [0.2, 0.25) is 5.02 Å². The van der Waals surface area contributed by atoms with Gasteiger partial charge in [0.2, 0.25) is 5.91 Å². The van der Waals surface area contributed by atoms with Crippen molar-refractivity contribution in [1.82, 2.24) is 0 Å². The molecule has 0 spiro atoms. The Bertz CT molecular complexity index is 675. The molecular formula is C13H10ClF6NO4. The molecule has 25 heavy (non-hydrogen) atoms. The van der Waals surface area contributed by atoms with Crippen LogP contribution in [0.4, 0.5) is 32.0 Å². The zero-order valence-electron chi connectivity index (χ0n) is 12.3. The van der Waals surface area contributed by atoms with E-state index in [0.29, 0.717) is 13.2 Å². The highest BCUT2D eigenvalue weighted by atomic mass is 35.5. The van der Waals surface area contributed by atoms with Crippen molar-refractivity contribution in [2.24, 2.45) is 0 Å². The largest absolute Gasteiger partial charge is 0.467 e. The van der Waals surface area contributed by atoms with Crippen LogP contribution < -0.4 is 5.32 Å². The van der Waals surface area contributed by atoms with Gasteiger partial charge in [-0.15, -0.1) is 0 Å². The Kier molecular flexibility index (Phi) is 5.96. The van der Waals surface area contributed by atoms with Gasteiger partial charge in [-0.1, -0.05) is 11.6 Å². The minimum atomic E-state index is -5.55. The number of aliphatic hydroxyl groups is 1.